The van der Waals surface area contributed by atoms with Gasteiger partial charge >= 0.3 is 0 Å². The molecule has 0 saturated heterocycles. The van der Waals surface area contributed by atoms with Crippen molar-refractivity contribution in [2.45, 2.75) is 25.7 Å². The Morgan fingerprint density at radius 3 is 2.70 bits per heavy atom. The Labute approximate surface area is 121 Å². The SMILES string of the molecule is c1ccc2c(OCCNCC3CCCC3)cccc2c1. The highest BCUT2D eigenvalue weighted by molar-refractivity contribution is 5.88. The van der Waals surface area contributed by atoms with E-state index in [2.05, 4.69) is 47.8 Å². The number of benzene rings is 2. The highest BCUT2D eigenvalue weighted by Gasteiger charge is 2.13. The molecule has 3 rings (SSSR count). The zero-order chi connectivity index (χ0) is 13.6. The Kier molecular flexibility index (Phi) is 4.54. The lowest BCUT2D eigenvalue weighted by molar-refractivity contribution is 0.312. The third-order valence-corrected chi connectivity index (χ3v) is 4.19. The Bertz CT molecular complexity index is 541. The summed E-state index contributed by atoms with van der Waals surface area (Å²) in [4.78, 5) is 0. The van der Waals surface area contributed by atoms with Gasteiger partial charge in [0, 0.05) is 11.9 Å². The first-order valence-corrected chi connectivity index (χ1v) is 7.75. The first kappa shape index (κ1) is 13.4. The summed E-state index contributed by atoms with van der Waals surface area (Å²) < 4.78 is 5.92. The van der Waals surface area contributed by atoms with Crippen LogP contribution in [0, 0.1) is 5.92 Å². The highest BCUT2D eigenvalue weighted by atomic mass is 16.5. The predicted molar refractivity (Wildman–Crippen MR) is 84.3 cm³/mol. The second-order valence-electron chi connectivity index (χ2n) is 5.68. The van der Waals surface area contributed by atoms with Gasteiger partial charge in [0.25, 0.3) is 0 Å². The summed E-state index contributed by atoms with van der Waals surface area (Å²) in [7, 11) is 0. The maximum absolute atomic E-state index is 5.92. The quantitative estimate of drug-likeness (QED) is 0.800. The molecule has 0 atom stereocenters. The minimum atomic E-state index is 0.737. The van der Waals surface area contributed by atoms with E-state index in [1.54, 1.807) is 0 Å². The van der Waals surface area contributed by atoms with Gasteiger partial charge in [0.15, 0.2) is 0 Å². The maximum atomic E-state index is 5.92. The van der Waals surface area contributed by atoms with Gasteiger partial charge in [-0.3, -0.25) is 0 Å². The first-order valence-electron chi connectivity index (χ1n) is 7.75. The van der Waals surface area contributed by atoms with Crippen LogP contribution >= 0.6 is 0 Å². The van der Waals surface area contributed by atoms with E-state index >= 15 is 0 Å². The molecular weight excluding hydrogens is 246 g/mol. The van der Waals surface area contributed by atoms with E-state index in [-0.39, 0.29) is 0 Å². The molecule has 1 saturated carbocycles. The van der Waals surface area contributed by atoms with E-state index in [0.717, 1.165) is 31.4 Å². The van der Waals surface area contributed by atoms with Crippen molar-refractivity contribution >= 4 is 10.8 Å². The van der Waals surface area contributed by atoms with Gasteiger partial charge in [0.1, 0.15) is 12.4 Å². The number of hydrogen-bond donors (Lipinski definition) is 1. The minimum Gasteiger partial charge on any atom is -0.492 e. The van der Waals surface area contributed by atoms with E-state index in [1.807, 2.05) is 0 Å². The number of nitrogens with one attached hydrogen (secondary N) is 1. The third-order valence-electron chi connectivity index (χ3n) is 4.19. The molecule has 2 nitrogen and oxygen atoms in total. The lowest BCUT2D eigenvalue weighted by atomic mass is 10.1. The monoisotopic (exact) mass is 269 g/mol. The zero-order valence-electron chi connectivity index (χ0n) is 12.0. The molecule has 0 aliphatic heterocycles. The minimum absolute atomic E-state index is 0.737. The molecular formula is C18H23NO. The highest BCUT2D eigenvalue weighted by Crippen LogP contribution is 2.25. The number of rotatable bonds is 6. The molecule has 1 aliphatic rings. The predicted octanol–water partition coefficient (Wildman–Crippen LogP) is 4.00. The third kappa shape index (κ3) is 3.31. The topological polar surface area (TPSA) is 21.3 Å². The molecule has 0 radical (unpaired) electrons. The van der Waals surface area contributed by atoms with Crippen molar-refractivity contribution in [3.63, 3.8) is 0 Å². The molecule has 1 fully saturated rings. The van der Waals surface area contributed by atoms with Crippen molar-refractivity contribution in [1.82, 2.24) is 5.32 Å². The van der Waals surface area contributed by atoms with Crippen LogP contribution in [-0.2, 0) is 0 Å². The number of fused-ring (bicyclic) bond motifs is 1. The van der Waals surface area contributed by atoms with Crippen molar-refractivity contribution in [2.75, 3.05) is 19.7 Å². The summed E-state index contributed by atoms with van der Waals surface area (Å²) in [5.41, 5.74) is 0. The average Bonchev–Trinajstić information content (AvgIpc) is 3.00. The molecule has 0 unspecified atom stereocenters. The van der Waals surface area contributed by atoms with Crippen LogP contribution in [0.1, 0.15) is 25.7 Å². The second kappa shape index (κ2) is 6.76. The molecule has 0 bridgehead atoms. The largest absolute Gasteiger partial charge is 0.492 e. The van der Waals surface area contributed by atoms with Crippen molar-refractivity contribution in [3.05, 3.63) is 42.5 Å². The van der Waals surface area contributed by atoms with Crippen molar-refractivity contribution < 1.29 is 4.74 Å². The standard InChI is InChI=1S/C18H23NO/c1-2-7-15(6-1)14-19-12-13-20-18-11-5-9-16-8-3-4-10-17(16)18/h3-5,8-11,15,19H,1-2,6-7,12-14H2. The lowest BCUT2D eigenvalue weighted by Gasteiger charge is -2.12. The molecule has 2 aromatic rings. The van der Waals surface area contributed by atoms with Gasteiger partial charge in [-0.2, -0.15) is 0 Å². The van der Waals surface area contributed by atoms with Gasteiger partial charge < -0.3 is 10.1 Å². The van der Waals surface area contributed by atoms with E-state index in [0.29, 0.717) is 0 Å². The Balaban J connectivity index is 1.47. The fourth-order valence-electron chi connectivity index (χ4n) is 3.08. The average molecular weight is 269 g/mol. The summed E-state index contributed by atoms with van der Waals surface area (Å²) in [6, 6.07) is 14.6. The van der Waals surface area contributed by atoms with Gasteiger partial charge in [-0.25, -0.2) is 0 Å². The van der Waals surface area contributed by atoms with Crippen LogP contribution in [0.25, 0.3) is 10.8 Å². The normalized spacial score (nSPS) is 15.8. The van der Waals surface area contributed by atoms with Crippen molar-refractivity contribution in [3.8, 4) is 5.75 Å². The summed E-state index contributed by atoms with van der Waals surface area (Å²) in [6.45, 7) is 2.82. The fourth-order valence-corrected chi connectivity index (χ4v) is 3.08. The molecule has 2 aromatic carbocycles. The molecule has 106 valence electrons. The molecule has 20 heavy (non-hydrogen) atoms. The van der Waals surface area contributed by atoms with Crippen LogP contribution in [-0.4, -0.2) is 19.7 Å². The van der Waals surface area contributed by atoms with Gasteiger partial charge in [-0.05, 0) is 36.8 Å². The summed E-state index contributed by atoms with van der Waals surface area (Å²) in [5, 5.41) is 5.96. The van der Waals surface area contributed by atoms with Crippen molar-refractivity contribution in [1.29, 1.82) is 0 Å². The first-order chi connectivity index (χ1) is 9.93. The maximum Gasteiger partial charge on any atom is 0.127 e. The van der Waals surface area contributed by atoms with Crippen LogP contribution in [0.2, 0.25) is 0 Å². The summed E-state index contributed by atoms with van der Waals surface area (Å²) >= 11 is 0. The van der Waals surface area contributed by atoms with Crippen LogP contribution in [0.4, 0.5) is 0 Å². The van der Waals surface area contributed by atoms with Crippen LogP contribution in [0.5, 0.6) is 5.75 Å². The fraction of sp³-hybridized carbons (Fsp3) is 0.444. The van der Waals surface area contributed by atoms with E-state index in [1.165, 1.54) is 36.5 Å². The van der Waals surface area contributed by atoms with Gasteiger partial charge in [0.2, 0.25) is 0 Å². The molecule has 0 heterocycles. The van der Waals surface area contributed by atoms with Gasteiger partial charge in [-0.15, -0.1) is 0 Å². The van der Waals surface area contributed by atoms with E-state index in [4.69, 9.17) is 4.74 Å². The molecule has 1 aliphatic carbocycles. The summed E-state index contributed by atoms with van der Waals surface area (Å²) in [6.07, 6.45) is 5.63. The second-order valence-corrected chi connectivity index (χ2v) is 5.68. The lowest BCUT2D eigenvalue weighted by Crippen LogP contribution is -2.26. The van der Waals surface area contributed by atoms with Crippen LogP contribution < -0.4 is 10.1 Å². The van der Waals surface area contributed by atoms with Crippen LogP contribution in [0.3, 0.4) is 0 Å². The van der Waals surface area contributed by atoms with Crippen LogP contribution in [0.15, 0.2) is 42.5 Å². The molecule has 0 amide bonds. The zero-order valence-corrected chi connectivity index (χ0v) is 12.0. The number of ether oxygens (including phenoxy) is 1. The molecule has 0 spiro atoms. The molecule has 2 heteroatoms. The van der Waals surface area contributed by atoms with Gasteiger partial charge in [-0.1, -0.05) is 49.2 Å². The Morgan fingerprint density at radius 1 is 1.00 bits per heavy atom. The number of hydrogen-bond acceptors (Lipinski definition) is 2. The summed E-state index contributed by atoms with van der Waals surface area (Å²) in [5.74, 6) is 1.89. The van der Waals surface area contributed by atoms with Crippen molar-refractivity contribution in [2.24, 2.45) is 5.92 Å². The van der Waals surface area contributed by atoms with E-state index in [9.17, 15) is 0 Å². The molecule has 1 N–H and O–H groups in total. The Hall–Kier alpha value is -1.54. The van der Waals surface area contributed by atoms with E-state index < -0.39 is 0 Å². The van der Waals surface area contributed by atoms with Gasteiger partial charge in [0.05, 0.1) is 0 Å². The molecule has 0 aromatic heterocycles. The Morgan fingerprint density at radius 2 is 1.80 bits per heavy atom. The smallest absolute Gasteiger partial charge is 0.127 e.